The number of hydrogen-bond donors (Lipinski definition) is 4. The number of fused-ring (bicyclic) bond motifs is 1. The predicted octanol–water partition coefficient (Wildman–Crippen LogP) is 3.75. The van der Waals surface area contributed by atoms with Gasteiger partial charge in [0.1, 0.15) is 0 Å². The summed E-state index contributed by atoms with van der Waals surface area (Å²) in [5.74, 6) is 0.170. The number of aromatic nitrogens is 2. The molecule has 2 saturated heterocycles. The first-order valence-electron chi connectivity index (χ1n) is 13.6. The number of nitrogens with zero attached hydrogens (tertiary/aromatic N) is 4. The maximum Gasteiger partial charge on any atom is 0.275 e. The van der Waals surface area contributed by atoms with Crippen LogP contribution in [0, 0.1) is 0 Å². The van der Waals surface area contributed by atoms with Gasteiger partial charge in [0, 0.05) is 49.7 Å². The molecule has 216 valence electrons. The van der Waals surface area contributed by atoms with Crippen molar-refractivity contribution in [2.45, 2.75) is 25.9 Å². The Labute approximate surface area is 240 Å². The summed E-state index contributed by atoms with van der Waals surface area (Å²) in [6.07, 6.45) is 1.57. The third kappa shape index (κ3) is 7.41. The second kappa shape index (κ2) is 13.0. The summed E-state index contributed by atoms with van der Waals surface area (Å²) < 4.78 is 25.3. The van der Waals surface area contributed by atoms with Crippen LogP contribution in [-0.4, -0.2) is 97.6 Å². The molecular weight excluding hydrogens is 554 g/mol. The fraction of sp³-hybridized carbons (Fsp3) is 0.464. The number of hydrogen-bond acceptors (Lipinski definition) is 9. The number of nitrogens with one attached hydrogen (secondary N) is 1. The van der Waals surface area contributed by atoms with Crippen LogP contribution in [0.4, 0.5) is 0 Å². The Bertz CT molecular complexity index is 1330. The fourth-order valence-electron chi connectivity index (χ4n) is 5.14. The molecule has 1 aromatic heterocycles. The van der Waals surface area contributed by atoms with E-state index in [2.05, 4.69) is 31.4 Å². The standard InChI is InChI=1S/C28H36ClN5O5S/c29-23-5-3-20(4-6-23)18-30-28(36)26-27(35)24-17-21(19-34-8-12-39-13-9-34)16-22(25(24)31-32-26)2-1-7-33-10-14-40(37,38)15-11-33/h3-6,16-17,37-38H,1-2,7-15,18-19H2,(H,30,36)(H,31,35). The van der Waals surface area contributed by atoms with Crippen molar-refractivity contribution in [3.63, 3.8) is 0 Å². The van der Waals surface area contributed by atoms with Crippen LogP contribution in [0.1, 0.15) is 33.6 Å². The van der Waals surface area contributed by atoms with E-state index in [1.807, 2.05) is 18.2 Å². The first kappa shape index (κ1) is 29.0. The third-order valence-corrected chi connectivity index (χ3v) is 9.38. The molecule has 0 radical (unpaired) electrons. The van der Waals surface area contributed by atoms with Gasteiger partial charge in [-0.15, -0.1) is 10.2 Å². The van der Waals surface area contributed by atoms with Gasteiger partial charge >= 0.3 is 0 Å². The molecule has 0 atom stereocenters. The summed E-state index contributed by atoms with van der Waals surface area (Å²) in [6.45, 7) is 6.20. The first-order valence-corrected chi connectivity index (χ1v) is 15.8. The van der Waals surface area contributed by atoms with Gasteiger partial charge in [-0.1, -0.05) is 29.8 Å². The van der Waals surface area contributed by atoms with Crippen molar-refractivity contribution in [2.24, 2.45) is 0 Å². The highest BCUT2D eigenvalue weighted by Crippen LogP contribution is 2.40. The van der Waals surface area contributed by atoms with E-state index in [1.54, 1.807) is 12.1 Å². The average Bonchev–Trinajstić information content (AvgIpc) is 2.94. The zero-order valence-electron chi connectivity index (χ0n) is 22.4. The topological polar surface area (TPSA) is 131 Å². The molecule has 1 amide bonds. The van der Waals surface area contributed by atoms with Gasteiger partial charge in [-0.3, -0.25) is 18.8 Å². The Hall–Kier alpha value is -2.51. The number of aryl methyl sites for hydroxylation is 1. The monoisotopic (exact) mass is 589 g/mol. The second-order valence-corrected chi connectivity index (χ2v) is 13.3. The smallest absolute Gasteiger partial charge is 0.275 e. The largest absolute Gasteiger partial charge is 0.505 e. The van der Waals surface area contributed by atoms with Gasteiger partial charge in [0.25, 0.3) is 5.91 Å². The first-order chi connectivity index (χ1) is 19.3. The molecule has 10 nitrogen and oxygen atoms in total. The summed E-state index contributed by atoms with van der Waals surface area (Å²) >= 11 is 5.95. The Kier molecular flexibility index (Phi) is 9.41. The average molecular weight is 590 g/mol. The van der Waals surface area contributed by atoms with Crippen LogP contribution in [0.3, 0.4) is 0 Å². The van der Waals surface area contributed by atoms with E-state index in [1.165, 1.54) is 0 Å². The van der Waals surface area contributed by atoms with Crippen molar-refractivity contribution in [1.29, 1.82) is 0 Å². The molecule has 2 aliphatic heterocycles. The summed E-state index contributed by atoms with van der Waals surface area (Å²) in [5, 5.41) is 23.7. The highest BCUT2D eigenvalue weighted by Gasteiger charge is 2.23. The highest BCUT2D eigenvalue weighted by molar-refractivity contribution is 8.24. The van der Waals surface area contributed by atoms with Crippen LogP contribution in [0.15, 0.2) is 36.4 Å². The molecule has 3 aromatic rings. The number of ether oxygens (including phenoxy) is 1. The number of carbonyl (C=O) groups excluding carboxylic acids is 1. The van der Waals surface area contributed by atoms with Crippen LogP contribution < -0.4 is 5.32 Å². The van der Waals surface area contributed by atoms with Crippen molar-refractivity contribution in [3.05, 3.63) is 63.8 Å². The van der Waals surface area contributed by atoms with Crippen LogP contribution in [0.25, 0.3) is 10.9 Å². The van der Waals surface area contributed by atoms with Crippen molar-refractivity contribution >= 4 is 39.0 Å². The lowest BCUT2D eigenvalue weighted by Gasteiger charge is -2.41. The zero-order chi connectivity index (χ0) is 28.1. The molecule has 0 aliphatic carbocycles. The normalized spacial score (nSPS) is 19.0. The van der Waals surface area contributed by atoms with E-state index in [0.29, 0.717) is 60.3 Å². The van der Waals surface area contributed by atoms with E-state index in [0.717, 1.165) is 49.2 Å². The van der Waals surface area contributed by atoms with Gasteiger partial charge in [-0.05, 0) is 54.3 Å². The summed E-state index contributed by atoms with van der Waals surface area (Å²) in [6, 6.07) is 11.2. The minimum absolute atomic E-state index is 0.108. The number of benzene rings is 2. The van der Waals surface area contributed by atoms with E-state index in [9.17, 15) is 19.0 Å². The van der Waals surface area contributed by atoms with Crippen molar-refractivity contribution < 1.29 is 23.7 Å². The lowest BCUT2D eigenvalue weighted by atomic mass is 10.00. The lowest BCUT2D eigenvalue weighted by Crippen LogP contribution is -2.38. The number of rotatable bonds is 9. The van der Waals surface area contributed by atoms with Crippen LogP contribution in [0.5, 0.6) is 5.75 Å². The number of amides is 1. The fourth-order valence-corrected chi connectivity index (χ4v) is 6.57. The number of morpholine rings is 1. The molecule has 12 heteroatoms. The van der Waals surface area contributed by atoms with Gasteiger partial charge in [-0.2, -0.15) is 10.6 Å². The van der Waals surface area contributed by atoms with Crippen molar-refractivity contribution in [2.75, 3.05) is 57.4 Å². The molecule has 2 aliphatic rings. The molecular formula is C28H36ClN5O5S. The van der Waals surface area contributed by atoms with Gasteiger partial charge in [-0.25, -0.2) is 0 Å². The number of carbonyl (C=O) groups is 1. The molecule has 0 bridgehead atoms. The number of aromatic hydroxyl groups is 1. The summed E-state index contributed by atoms with van der Waals surface area (Å²) in [5.41, 5.74) is 3.36. The maximum atomic E-state index is 13.0. The van der Waals surface area contributed by atoms with Crippen LogP contribution >= 0.6 is 22.2 Å². The number of halogens is 1. The summed E-state index contributed by atoms with van der Waals surface area (Å²) in [7, 11) is -2.42. The third-order valence-electron chi connectivity index (χ3n) is 7.46. The van der Waals surface area contributed by atoms with Gasteiger partial charge in [0.05, 0.1) is 30.2 Å². The zero-order valence-corrected chi connectivity index (χ0v) is 24.0. The second-order valence-electron chi connectivity index (χ2n) is 10.4. The Balaban J connectivity index is 1.35. The van der Waals surface area contributed by atoms with E-state index in [-0.39, 0.29) is 18.0 Å². The molecule has 3 heterocycles. The Morgan fingerprint density at radius 2 is 1.73 bits per heavy atom. The summed E-state index contributed by atoms with van der Waals surface area (Å²) in [4.78, 5) is 17.5. The van der Waals surface area contributed by atoms with E-state index in [4.69, 9.17) is 16.3 Å². The van der Waals surface area contributed by atoms with E-state index < -0.39 is 16.5 Å². The Morgan fingerprint density at radius 1 is 1.00 bits per heavy atom. The molecule has 0 unspecified atom stereocenters. The molecule has 2 aromatic carbocycles. The van der Waals surface area contributed by atoms with Crippen LogP contribution in [-0.2, 0) is 24.2 Å². The quantitative estimate of drug-likeness (QED) is 0.295. The minimum Gasteiger partial charge on any atom is -0.505 e. The molecule has 0 spiro atoms. The van der Waals surface area contributed by atoms with Gasteiger partial charge in [0.2, 0.25) is 0 Å². The molecule has 5 rings (SSSR count). The van der Waals surface area contributed by atoms with Gasteiger partial charge in [0.15, 0.2) is 11.4 Å². The van der Waals surface area contributed by atoms with Crippen molar-refractivity contribution in [1.82, 2.24) is 25.3 Å². The predicted molar refractivity (Wildman–Crippen MR) is 157 cm³/mol. The van der Waals surface area contributed by atoms with Crippen molar-refractivity contribution in [3.8, 4) is 5.75 Å². The molecule has 40 heavy (non-hydrogen) atoms. The Morgan fingerprint density at radius 3 is 2.45 bits per heavy atom. The highest BCUT2D eigenvalue weighted by atomic mass is 35.5. The van der Waals surface area contributed by atoms with Gasteiger partial charge < -0.3 is 20.1 Å². The minimum atomic E-state index is -2.42. The van der Waals surface area contributed by atoms with E-state index >= 15 is 0 Å². The van der Waals surface area contributed by atoms with Crippen LogP contribution in [0.2, 0.25) is 5.02 Å². The SMILES string of the molecule is O=C(NCc1ccc(Cl)cc1)c1nnc2c(CCCN3CCS(O)(O)CC3)cc(CN3CCOCC3)cc2c1O. The molecule has 4 N–H and O–H groups in total. The molecule has 0 saturated carbocycles. The lowest BCUT2D eigenvalue weighted by molar-refractivity contribution is 0.0342. The maximum absolute atomic E-state index is 13.0. The molecule has 2 fully saturated rings.